The molecule has 2 aromatic heterocycles. The van der Waals surface area contributed by atoms with E-state index >= 15 is 0 Å². The summed E-state index contributed by atoms with van der Waals surface area (Å²) in [4.78, 5) is 32.2. The minimum atomic E-state index is -0.881. The highest BCUT2D eigenvalue weighted by molar-refractivity contribution is 5.97. The second-order valence-corrected chi connectivity index (χ2v) is 6.70. The number of benzene rings is 1. The number of rotatable bonds is 7. The van der Waals surface area contributed by atoms with E-state index in [1.165, 1.54) is 12.1 Å². The van der Waals surface area contributed by atoms with Gasteiger partial charge in [0.2, 0.25) is 5.91 Å². The number of hydrogen-bond acceptors (Lipinski definition) is 4. The average Bonchev–Trinajstić information content (AvgIpc) is 3.13. The number of H-pyrrole nitrogens is 1. The summed E-state index contributed by atoms with van der Waals surface area (Å²) in [5, 5.41) is 5.51. The normalized spacial score (nSPS) is 11.7. The molecule has 3 rings (SSSR count). The monoisotopic (exact) mass is 395 g/mol. The van der Waals surface area contributed by atoms with E-state index in [2.05, 4.69) is 20.6 Å². The van der Waals surface area contributed by atoms with E-state index in [4.69, 9.17) is 5.73 Å². The number of carbonyl (C=O) groups excluding carboxylic acids is 2. The van der Waals surface area contributed by atoms with Crippen molar-refractivity contribution < 1.29 is 14.0 Å². The molecule has 8 heteroatoms. The van der Waals surface area contributed by atoms with Crippen LogP contribution in [0.4, 0.5) is 10.2 Å². The molecule has 2 heterocycles. The van der Waals surface area contributed by atoms with Gasteiger partial charge in [0, 0.05) is 25.4 Å². The summed E-state index contributed by atoms with van der Waals surface area (Å²) in [6, 6.07) is 10.2. The zero-order valence-electron chi connectivity index (χ0n) is 15.9. The molecule has 3 aromatic rings. The molecule has 0 spiro atoms. The van der Waals surface area contributed by atoms with Crippen LogP contribution in [0.1, 0.15) is 27.2 Å². The van der Waals surface area contributed by atoms with Crippen LogP contribution < -0.4 is 16.4 Å². The molecule has 0 saturated carbocycles. The van der Waals surface area contributed by atoms with Crippen molar-refractivity contribution in [3.8, 4) is 0 Å². The van der Waals surface area contributed by atoms with Crippen LogP contribution in [0.25, 0.3) is 0 Å². The first-order chi connectivity index (χ1) is 13.9. The molecule has 0 fully saturated rings. The Labute approximate surface area is 167 Å². The standard InChI is InChI=1S/C21H22FN5O2/c1-13-7-8-24-19(13)21(29)27-17(10-14-3-2-4-16(22)9-14)20(28)26-12-15-5-6-18(23)25-11-15/h2-9,11,17,24H,10,12H2,1H3,(H2,23,25)(H,26,28)(H,27,29)/t17-/m0/s1. The number of anilines is 1. The number of aromatic amines is 1. The Morgan fingerprint density at radius 1 is 1.21 bits per heavy atom. The molecule has 1 aromatic carbocycles. The van der Waals surface area contributed by atoms with Gasteiger partial charge in [0.15, 0.2) is 0 Å². The van der Waals surface area contributed by atoms with Crippen LogP contribution in [0.2, 0.25) is 0 Å². The zero-order valence-corrected chi connectivity index (χ0v) is 15.9. The van der Waals surface area contributed by atoms with Crippen molar-refractivity contribution >= 4 is 17.6 Å². The van der Waals surface area contributed by atoms with Crippen LogP contribution in [-0.2, 0) is 17.8 Å². The number of nitrogens with two attached hydrogens (primary N) is 1. The first-order valence-electron chi connectivity index (χ1n) is 9.10. The molecule has 150 valence electrons. The highest BCUT2D eigenvalue weighted by atomic mass is 19.1. The number of aryl methyl sites for hydroxylation is 1. The van der Waals surface area contributed by atoms with Gasteiger partial charge < -0.3 is 21.4 Å². The van der Waals surface area contributed by atoms with Gasteiger partial charge in [0.05, 0.1) is 0 Å². The van der Waals surface area contributed by atoms with Crippen LogP contribution in [0.15, 0.2) is 54.9 Å². The third-order valence-electron chi connectivity index (χ3n) is 4.45. The Morgan fingerprint density at radius 2 is 2.03 bits per heavy atom. The molecule has 0 saturated heterocycles. The van der Waals surface area contributed by atoms with E-state index in [0.29, 0.717) is 17.1 Å². The lowest BCUT2D eigenvalue weighted by Crippen LogP contribution is -2.48. The Balaban J connectivity index is 1.73. The Bertz CT molecular complexity index is 1000. The van der Waals surface area contributed by atoms with Crippen LogP contribution in [0, 0.1) is 12.7 Å². The summed E-state index contributed by atoms with van der Waals surface area (Å²) in [6.45, 7) is 2.02. The van der Waals surface area contributed by atoms with Gasteiger partial charge in [-0.05, 0) is 47.9 Å². The van der Waals surface area contributed by atoms with Gasteiger partial charge in [-0.3, -0.25) is 9.59 Å². The van der Waals surface area contributed by atoms with Crippen molar-refractivity contribution in [2.24, 2.45) is 0 Å². The summed E-state index contributed by atoms with van der Waals surface area (Å²) < 4.78 is 13.5. The van der Waals surface area contributed by atoms with Gasteiger partial charge in [0.25, 0.3) is 5.91 Å². The van der Waals surface area contributed by atoms with Crippen LogP contribution in [0.5, 0.6) is 0 Å². The van der Waals surface area contributed by atoms with Gasteiger partial charge >= 0.3 is 0 Å². The highest BCUT2D eigenvalue weighted by Gasteiger charge is 2.23. The van der Waals surface area contributed by atoms with Crippen molar-refractivity contribution in [2.75, 3.05) is 5.73 Å². The maximum Gasteiger partial charge on any atom is 0.268 e. The van der Waals surface area contributed by atoms with Crippen LogP contribution >= 0.6 is 0 Å². The average molecular weight is 395 g/mol. The minimum absolute atomic E-state index is 0.148. The van der Waals surface area contributed by atoms with E-state index in [-0.39, 0.29) is 18.9 Å². The molecule has 0 radical (unpaired) electrons. The molecule has 7 nitrogen and oxygen atoms in total. The predicted molar refractivity (Wildman–Crippen MR) is 107 cm³/mol. The number of pyridine rings is 1. The van der Waals surface area contributed by atoms with Crippen molar-refractivity contribution in [3.05, 3.63) is 83.1 Å². The number of nitrogen functional groups attached to an aromatic ring is 1. The van der Waals surface area contributed by atoms with Gasteiger partial charge in [0.1, 0.15) is 23.4 Å². The quantitative estimate of drug-likeness (QED) is 0.491. The molecule has 0 bridgehead atoms. The van der Waals surface area contributed by atoms with E-state index in [1.54, 1.807) is 49.6 Å². The number of carbonyl (C=O) groups is 2. The molecule has 5 N–H and O–H groups in total. The smallest absolute Gasteiger partial charge is 0.268 e. The summed E-state index contributed by atoms with van der Waals surface area (Å²) in [6.07, 6.45) is 3.37. The van der Waals surface area contributed by atoms with Gasteiger partial charge in [-0.2, -0.15) is 0 Å². The summed E-state index contributed by atoms with van der Waals surface area (Å²) >= 11 is 0. The third-order valence-corrected chi connectivity index (χ3v) is 4.45. The number of aromatic nitrogens is 2. The summed E-state index contributed by atoms with van der Waals surface area (Å²) in [7, 11) is 0. The lowest BCUT2D eigenvalue weighted by Gasteiger charge is -2.19. The largest absolute Gasteiger partial charge is 0.384 e. The van der Waals surface area contributed by atoms with Crippen LogP contribution in [0.3, 0.4) is 0 Å². The SMILES string of the molecule is Cc1cc[nH]c1C(=O)N[C@@H](Cc1cccc(F)c1)C(=O)NCc1ccc(N)nc1. The van der Waals surface area contributed by atoms with Gasteiger partial charge in [-0.1, -0.05) is 18.2 Å². The lowest BCUT2D eigenvalue weighted by molar-refractivity contribution is -0.123. The lowest BCUT2D eigenvalue weighted by atomic mass is 10.0. The molecule has 0 aliphatic heterocycles. The highest BCUT2D eigenvalue weighted by Crippen LogP contribution is 2.10. The maximum atomic E-state index is 13.5. The Morgan fingerprint density at radius 3 is 2.69 bits per heavy atom. The van der Waals surface area contributed by atoms with Crippen LogP contribution in [-0.4, -0.2) is 27.8 Å². The summed E-state index contributed by atoms with van der Waals surface area (Å²) in [5.74, 6) is -0.805. The number of nitrogens with one attached hydrogen (secondary N) is 3. The number of nitrogens with zero attached hydrogens (tertiary/aromatic N) is 1. The predicted octanol–water partition coefficient (Wildman–Crippen LogP) is 2.10. The maximum absolute atomic E-state index is 13.5. The zero-order chi connectivity index (χ0) is 20.8. The molecule has 1 atom stereocenters. The van der Waals surface area contributed by atoms with Crippen molar-refractivity contribution in [1.82, 2.24) is 20.6 Å². The second-order valence-electron chi connectivity index (χ2n) is 6.70. The molecular weight excluding hydrogens is 373 g/mol. The van der Waals surface area contributed by atoms with Crippen molar-refractivity contribution in [2.45, 2.75) is 25.9 Å². The topological polar surface area (TPSA) is 113 Å². The number of halogens is 1. The molecular formula is C21H22FN5O2. The number of hydrogen-bond donors (Lipinski definition) is 4. The molecule has 0 aliphatic rings. The number of amides is 2. The van der Waals surface area contributed by atoms with Crippen molar-refractivity contribution in [1.29, 1.82) is 0 Å². The molecule has 0 aliphatic carbocycles. The molecule has 2 amide bonds. The fraction of sp³-hybridized carbons (Fsp3) is 0.190. The fourth-order valence-electron chi connectivity index (χ4n) is 2.88. The van der Waals surface area contributed by atoms with E-state index in [1.807, 2.05) is 0 Å². The van der Waals surface area contributed by atoms with E-state index < -0.39 is 17.8 Å². The Kier molecular flexibility index (Phi) is 6.23. The minimum Gasteiger partial charge on any atom is -0.384 e. The first-order valence-corrected chi connectivity index (χ1v) is 9.10. The second kappa shape index (κ2) is 9.01. The van der Waals surface area contributed by atoms with Gasteiger partial charge in [-0.15, -0.1) is 0 Å². The fourth-order valence-corrected chi connectivity index (χ4v) is 2.88. The van der Waals surface area contributed by atoms with Crippen molar-refractivity contribution in [3.63, 3.8) is 0 Å². The van der Waals surface area contributed by atoms with Gasteiger partial charge in [-0.25, -0.2) is 9.37 Å². The van der Waals surface area contributed by atoms with E-state index in [9.17, 15) is 14.0 Å². The third kappa shape index (κ3) is 5.41. The van der Waals surface area contributed by atoms with E-state index in [0.717, 1.165) is 11.1 Å². The molecule has 0 unspecified atom stereocenters. The Hall–Kier alpha value is -3.68. The summed E-state index contributed by atoms with van der Waals surface area (Å²) in [5.41, 5.74) is 8.07. The molecule has 29 heavy (non-hydrogen) atoms. The first kappa shape index (κ1) is 20.1.